The second kappa shape index (κ2) is 6.13. The molecule has 3 N–H and O–H groups in total. The van der Waals surface area contributed by atoms with Crippen molar-refractivity contribution in [2.24, 2.45) is 5.73 Å². The van der Waals surface area contributed by atoms with Gasteiger partial charge in [0.15, 0.2) is 0 Å². The number of benzene rings is 1. The maximum atomic E-state index is 11.7. The van der Waals surface area contributed by atoms with Crippen molar-refractivity contribution < 1.29 is 14.3 Å². The van der Waals surface area contributed by atoms with E-state index in [2.05, 4.69) is 5.32 Å². The van der Waals surface area contributed by atoms with Crippen LogP contribution in [0.4, 0.5) is 0 Å². The number of carbonyl (C=O) groups excluding carboxylic acids is 1. The van der Waals surface area contributed by atoms with Crippen LogP contribution in [-0.2, 0) is 4.79 Å². The van der Waals surface area contributed by atoms with Gasteiger partial charge in [-0.3, -0.25) is 4.79 Å². The number of ether oxygens (including phenoxy) is 2. The highest BCUT2D eigenvalue weighted by Crippen LogP contribution is 2.33. The van der Waals surface area contributed by atoms with Gasteiger partial charge in [-0.05, 0) is 43.7 Å². The van der Waals surface area contributed by atoms with Gasteiger partial charge >= 0.3 is 0 Å². The largest absolute Gasteiger partial charge is 0.497 e. The highest BCUT2D eigenvalue weighted by molar-refractivity contribution is 5.85. The predicted molar refractivity (Wildman–Crippen MR) is 76.9 cm³/mol. The van der Waals surface area contributed by atoms with Gasteiger partial charge in [-0.25, -0.2) is 0 Å². The minimum Gasteiger partial charge on any atom is -0.497 e. The molecule has 0 heterocycles. The van der Waals surface area contributed by atoms with E-state index in [0.29, 0.717) is 6.42 Å². The number of hydrogen-bond donors (Lipinski definition) is 2. The minimum atomic E-state index is -0.619. The van der Waals surface area contributed by atoms with Crippen LogP contribution in [0.25, 0.3) is 0 Å². The van der Waals surface area contributed by atoms with Crippen molar-refractivity contribution in [2.45, 2.75) is 37.8 Å². The Hall–Kier alpha value is -1.75. The summed E-state index contributed by atoms with van der Waals surface area (Å²) >= 11 is 0. The summed E-state index contributed by atoms with van der Waals surface area (Å²) in [6, 6.07) is 7.46. The fourth-order valence-electron chi connectivity index (χ4n) is 2.76. The van der Waals surface area contributed by atoms with Gasteiger partial charge in [0.1, 0.15) is 23.1 Å². The van der Waals surface area contributed by atoms with Crippen LogP contribution in [-0.4, -0.2) is 31.2 Å². The lowest BCUT2D eigenvalue weighted by Crippen LogP contribution is -2.54. The number of amides is 1. The summed E-state index contributed by atoms with van der Waals surface area (Å²) in [5.41, 5.74) is 4.92. The molecule has 2 unspecified atom stereocenters. The first-order valence-corrected chi connectivity index (χ1v) is 6.95. The van der Waals surface area contributed by atoms with Gasteiger partial charge in [0.2, 0.25) is 5.91 Å². The number of nitrogens with two attached hydrogens (primary N) is 1. The predicted octanol–water partition coefficient (Wildman–Crippen LogP) is 1.46. The minimum absolute atomic E-state index is 0.00921. The van der Waals surface area contributed by atoms with Crippen molar-refractivity contribution in [3.63, 3.8) is 0 Å². The SMILES string of the molecule is CCNC1(C(N)=O)CCC(Oc2ccc(OC)cc2)C1. The lowest BCUT2D eigenvalue weighted by Gasteiger charge is -2.26. The van der Waals surface area contributed by atoms with Crippen LogP contribution >= 0.6 is 0 Å². The van der Waals surface area contributed by atoms with Crippen LogP contribution in [0, 0.1) is 0 Å². The first-order valence-electron chi connectivity index (χ1n) is 6.95. The molecule has 20 heavy (non-hydrogen) atoms. The Labute approximate surface area is 119 Å². The number of methoxy groups -OCH3 is 1. The molecule has 110 valence electrons. The van der Waals surface area contributed by atoms with Gasteiger partial charge < -0.3 is 20.5 Å². The van der Waals surface area contributed by atoms with Crippen LogP contribution < -0.4 is 20.5 Å². The van der Waals surface area contributed by atoms with E-state index < -0.39 is 5.54 Å². The van der Waals surface area contributed by atoms with E-state index >= 15 is 0 Å². The Bertz CT molecular complexity index is 461. The lowest BCUT2D eigenvalue weighted by atomic mass is 9.96. The third kappa shape index (κ3) is 3.04. The van der Waals surface area contributed by atoms with Gasteiger partial charge in [-0.2, -0.15) is 0 Å². The Morgan fingerprint density at radius 1 is 1.40 bits per heavy atom. The molecule has 0 saturated heterocycles. The van der Waals surface area contributed by atoms with Crippen LogP contribution in [0.2, 0.25) is 0 Å². The smallest absolute Gasteiger partial charge is 0.237 e. The van der Waals surface area contributed by atoms with Gasteiger partial charge in [-0.15, -0.1) is 0 Å². The molecule has 2 rings (SSSR count). The molecule has 1 saturated carbocycles. The van der Waals surface area contributed by atoms with Crippen LogP contribution in [0.3, 0.4) is 0 Å². The standard InChI is InChI=1S/C15H22N2O3/c1-3-17-15(14(16)18)9-8-13(10-15)20-12-6-4-11(19-2)5-7-12/h4-7,13,17H,3,8-10H2,1-2H3,(H2,16,18). The molecule has 1 aliphatic rings. The zero-order valence-electron chi connectivity index (χ0n) is 12.0. The molecule has 1 fully saturated rings. The molecular weight excluding hydrogens is 256 g/mol. The molecule has 0 aromatic heterocycles. The molecule has 0 radical (unpaired) electrons. The molecule has 5 nitrogen and oxygen atoms in total. The Morgan fingerprint density at radius 3 is 2.60 bits per heavy atom. The number of carbonyl (C=O) groups is 1. The van der Waals surface area contributed by atoms with E-state index in [4.69, 9.17) is 15.2 Å². The second-order valence-corrected chi connectivity index (χ2v) is 5.13. The summed E-state index contributed by atoms with van der Waals surface area (Å²) in [6.07, 6.45) is 2.16. The highest BCUT2D eigenvalue weighted by Gasteiger charge is 2.44. The van der Waals surface area contributed by atoms with E-state index in [0.717, 1.165) is 30.9 Å². The Morgan fingerprint density at radius 2 is 2.05 bits per heavy atom. The van der Waals surface area contributed by atoms with Crippen molar-refractivity contribution in [1.82, 2.24) is 5.32 Å². The van der Waals surface area contributed by atoms with Crippen molar-refractivity contribution in [3.8, 4) is 11.5 Å². The van der Waals surface area contributed by atoms with Crippen molar-refractivity contribution >= 4 is 5.91 Å². The van der Waals surface area contributed by atoms with E-state index in [9.17, 15) is 4.79 Å². The van der Waals surface area contributed by atoms with Crippen LogP contribution in [0.15, 0.2) is 24.3 Å². The number of rotatable bonds is 6. The van der Waals surface area contributed by atoms with Gasteiger partial charge in [0.05, 0.1) is 7.11 Å². The van der Waals surface area contributed by atoms with E-state index in [-0.39, 0.29) is 12.0 Å². The molecule has 5 heteroatoms. The third-order valence-corrected chi connectivity index (χ3v) is 3.82. The summed E-state index contributed by atoms with van der Waals surface area (Å²) < 4.78 is 11.0. The molecule has 0 aliphatic heterocycles. The van der Waals surface area contributed by atoms with E-state index in [1.807, 2.05) is 31.2 Å². The highest BCUT2D eigenvalue weighted by atomic mass is 16.5. The molecule has 1 aliphatic carbocycles. The average molecular weight is 278 g/mol. The fraction of sp³-hybridized carbons (Fsp3) is 0.533. The third-order valence-electron chi connectivity index (χ3n) is 3.82. The van der Waals surface area contributed by atoms with Crippen LogP contribution in [0.5, 0.6) is 11.5 Å². The summed E-state index contributed by atoms with van der Waals surface area (Å²) in [4.78, 5) is 11.7. The quantitative estimate of drug-likeness (QED) is 0.826. The Kier molecular flexibility index (Phi) is 4.49. The summed E-state index contributed by atoms with van der Waals surface area (Å²) in [6.45, 7) is 2.69. The van der Waals surface area contributed by atoms with Gasteiger partial charge in [0, 0.05) is 6.42 Å². The zero-order valence-corrected chi connectivity index (χ0v) is 12.0. The van der Waals surface area contributed by atoms with E-state index in [1.165, 1.54) is 0 Å². The number of likely N-dealkylation sites (N-methyl/N-ethyl adjacent to an activating group) is 1. The Balaban J connectivity index is 1.99. The van der Waals surface area contributed by atoms with Crippen molar-refractivity contribution in [1.29, 1.82) is 0 Å². The first-order chi connectivity index (χ1) is 9.59. The van der Waals surface area contributed by atoms with Crippen LogP contribution in [0.1, 0.15) is 26.2 Å². The molecule has 2 atom stereocenters. The van der Waals surface area contributed by atoms with Crippen molar-refractivity contribution in [3.05, 3.63) is 24.3 Å². The summed E-state index contributed by atoms with van der Waals surface area (Å²) in [7, 11) is 1.63. The molecule has 1 aromatic carbocycles. The maximum Gasteiger partial charge on any atom is 0.237 e. The second-order valence-electron chi connectivity index (χ2n) is 5.13. The number of primary amides is 1. The average Bonchev–Trinajstić information content (AvgIpc) is 2.84. The molecule has 1 aromatic rings. The number of hydrogen-bond acceptors (Lipinski definition) is 4. The summed E-state index contributed by atoms with van der Waals surface area (Å²) in [5.74, 6) is 1.29. The topological polar surface area (TPSA) is 73.6 Å². The molecule has 0 spiro atoms. The summed E-state index contributed by atoms with van der Waals surface area (Å²) in [5, 5.41) is 3.22. The monoisotopic (exact) mass is 278 g/mol. The molecule has 1 amide bonds. The van der Waals surface area contributed by atoms with Gasteiger partial charge in [0.25, 0.3) is 0 Å². The molecule has 0 bridgehead atoms. The molecular formula is C15H22N2O3. The van der Waals surface area contributed by atoms with Crippen molar-refractivity contribution in [2.75, 3.05) is 13.7 Å². The first kappa shape index (κ1) is 14.7. The zero-order chi connectivity index (χ0) is 14.6. The lowest BCUT2D eigenvalue weighted by molar-refractivity contribution is -0.124. The maximum absolute atomic E-state index is 11.7. The normalized spacial score (nSPS) is 25.4. The number of nitrogens with one attached hydrogen (secondary N) is 1. The van der Waals surface area contributed by atoms with E-state index in [1.54, 1.807) is 7.11 Å². The van der Waals surface area contributed by atoms with Gasteiger partial charge in [-0.1, -0.05) is 6.92 Å². The fourth-order valence-corrected chi connectivity index (χ4v) is 2.76.